The summed E-state index contributed by atoms with van der Waals surface area (Å²) in [5, 5.41) is 7.20. The number of aromatic nitrogens is 2. The SMILES string of the molecule is CNCC1CCCN1Cc1nc(-c2ccc(F)cc2)no1. The number of rotatable bonds is 5. The van der Waals surface area contributed by atoms with E-state index in [9.17, 15) is 4.39 Å². The summed E-state index contributed by atoms with van der Waals surface area (Å²) in [6.07, 6.45) is 2.39. The van der Waals surface area contributed by atoms with Gasteiger partial charge in [0.2, 0.25) is 11.7 Å². The second-order valence-electron chi connectivity index (χ2n) is 5.34. The molecule has 0 saturated carbocycles. The first-order chi connectivity index (χ1) is 10.3. The zero-order valence-electron chi connectivity index (χ0n) is 12.1. The van der Waals surface area contributed by atoms with Crippen molar-refractivity contribution in [1.29, 1.82) is 0 Å². The summed E-state index contributed by atoms with van der Waals surface area (Å²) in [7, 11) is 1.97. The first-order valence-corrected chi connectivity index (χ1v) is 7.23. The number of likely N-dealkylation sites (N-methyl/N-ethyl adjacent to an activating group) is 1. The lowest BCUT2D eigenvalue weighted by Gasteiger charge is -2.22. The number of hydrogen-bond donors (Lipinski definition) is 1. The van der Waals surface area contributed by atoms with Crippen LogP contribution in [0.25, 0.3) is 11.4 Å². The first-order valence-electron chi connectivity index (χ1n) is 7.23. The number of halogens is 1. The molecular formula is C15H19FN4O. The van der Waals surface area contributed by atoms with Crippen molar-refractivity contribution in [1.82, 2.24) is 20.4 Å². The van der Waals surface area contributed by atoms with Crippen LogP contribution in [0.2, 0.25) is 0 Å². The topological polar surface area (TPSA) is 54.2 Å². The van der Waals surface area contributed by atoms with E-state index < -0.39 is 0 Å². The molecule has 1 fully saturated rings. The van der Waals surface area contributed by atoms with Crippen LogP contribution >= 0.6 is 0 Å². The fourth-order valence-electron chi connectivity index (χ4n) is 2.78. The Morgan fingerprint density at radius 1 is 1.38 bits per heavy atom. The summed E-state index contributed by atoms with van der Waals surface area (Å²) in [5.41, 5.74) is 0.764. The van der Waals surface area contributed by atoms with Crippen molar-refractivity contribution < 1.29 is 8.91 Å². The second kappa shape index (κ2) is 6.32. The van der Waals surface area contributed by atoms with Crippen molar-refractivity contribution in [3.8, 4) is 11.4 Å². The first kappa shape index (κ1) is 14.2. The molecule has 112 valence electrons. The molecule has 0 amide bonds. The van der Waals surface area contributed by atoms with Crippen LogP contribution in [0, 0.1) is 5.82 Å². The minimum atomic E-state index is -0.269. The zero-order valence-corrected chi connectivity index (χ0v) is 12.1. The summed E-state index contributed by atoms with van der Waals surface area (Å²) >= 11 is 0. The van der Waals surface area contributed by atoms with Gasteiger partial charge in [0.15, 0.2) is 0 Å². The minimum absolute atomic E-state index is 0.269. The lowest BCUT2D eigenvalue weighted by atomic mass is 10.2. The van der Waals surface area contributed by atoms with Crippen molar-refractivity contribution in [3.63, 3.8) is 0 Å². The number of hydrogen-bond acceptors (Lipinski definition) is 5. The van der Waals surface area contributed by atoms with Gasteiger partial charge >= 0.3 is 0 Å². The molecule has 6 heteroatoms. The standard InChI is InChI=1S/C15H19FN4O/c1-17-9-13-3-2-8-20(13)10-14-18-15(19-21-14)11-4-6-12(16)7-5-11/h4-7,13,17H,2-3,8-10H2,1H3. The Bertz CT molecular complexity index is 584. The predicted molar refractivity (Wildman–Crippen MR) is 77.1 cm³/mol. The number of nitrogens with one attached hydrogen (secondary N) is 1. The summed E-state index contributed by atoms with van der Waals surface area (Å²) < 4.78 is 18.2. The fourth-order valence-corrected chi connectivity index (χ4v) is 2.78. The van der Waals surface area contributed by atoms with Crippen LogP contribution in [0.1, 0.15) is 18.7 Å². The van der Waals surface area contributed by atoms with Gasteiger partial charge in [-0.15, -0.1) is 0 Å². The Balaban J connectivity index is 1.69. The van der Waals surface area contributed by atoms with Crippen molar-refractivity contribution in [3.05, 3.63) is 36.0 Å². The van der Waals surface area contributed by atoms with E-state index in [-0.39, 0.29) is 5.82 Å². The van der Waals surface area contributed by atoms with Gasteiger partial charge in [0, 0.05) is 18.2 Å². The average Bonchev–Trinajstić information content (AvgIpc) is 3.11. The molecule has 1 aliphatic rings. The van der Waals surface area contributed by atoms with Gasteiger partial charge in [0.25, 0.3) is 0 Å². The summed E-state index contributed by atoms with van der Waals surface area (Å²) in [4.78, 5) is 6.77. The second-order valence-corrected chi connectivity index (χ2v) is 5.34. The highest BCUT2D eigenvalue weighted by molar-refractivity contribution is 5.53. The normalized spacial score (nSPS) is 19.2. The van der Waals surface area contributed by atoms with Crippen LogP contribution in [0.5, 0.6) is 0 Å². The van der Waals surface area contributed by atoms with E-state index in [1.807, 2.05) is 7.05 Å². The van der Waals surface area contributed by atoms with Crippen LogP contribution in [-0.4, -0.2) is 41.2 Å². The highest BCUT2D eigenvalue weighted by atomic mass is 19.1. The molecule has 2 heterocycles. The number of benzene rings is 1. The maximum atomic E-state index is 12.9. The molecule has 5 nitrogen and oxygen atoms in total. The van der Waals surface area contributed by atoms with E-state index in [1.165, 1.54) is 25.0 Å². The summed E-state index contributed by atoms with van der Waals surface area (Å²) in [6, 6.07) is 6.63. The largest absolute Gasteiger partial charge is 0.338 e. The van der Waals surface area contributed by atoms with E-state index in [0.29, 0.717) is 24.3 Å². The third-order valence-electron chi connectivity index (χ3n) is 3.85. The van der Waals surface area contributed by atoms with Crippen LogP contribution in [0.15, 0.2) is 28.8 Å². The highest BCUT2D eigenvalue weighted by Gasteiger charge is 2.25. The van der Waals surface area contributed by atoms with Gasteiger partial charge in [0.1, 0.15) is 5.82 Å². The highest BCUT2D eigenvalue weighted by Crippen LogP contribution is 2.21. The number of nitrogens with zero attached hydrogens (tertiary/aromatic N) is 3. The molecule has 1 unspecified atom stereocenters. The van der Waals surface area contributed by atoms with Crippen LogP contribution in [0.4, 0.5) is 4.39 Å². The molecule has 1 aromatic heterocycles. The van der Waals surface area contributed by atoms with Gasteiger partial charge in [-0.1, -0.05) is 5.16 Å². The van der Waals surface area contributed by atoms with Gasteiger partial charge in [-0.25, -0.2) is 4.39 Å². The molecule has 0 bridgehead atoms. The van der Waals surface area contributed by atoms with Crippen LogP contribution < -0.4 is 5.32 Å². The predicted octanol–water partition coefficient (Wildman–Crippen LogP) is 2.06. The zero-order chi connectivity index (χ0) is 14.7. The smallest absolute Gasteiger partial charge is 0.241 e. The lowest BCUT2D eigenvalue weighted by molar-refractivity contribution is 0.209. The molecule has 1 aliphatic heterocycles. The Morgan fingerprint density at radius 3 is 2.95 bits per heavy atom. The quantitative estimate of drug-likeness (QED) is 0.913. The van der Waals surface area contributed by atoms with Crippen molar-refractivity contribution in [2.24, 2.45) is 0 Å². The van der Waals surface area contributed by atoms with Crippen molar-refractivity contribution in [2.75, 3.05) is 20.1 Å². The third kappa shape index (κ3) is 3.28. The molecule has 2 aromatic rings. The molecule has 0 spiro atoms. The Kier molecular flexibility index (Phi) is 4.26. The van der Waals surface area contributed by atoms with E-state index in [1.54, 1.807) is 12.1 Å². The minimum Gasteiger partial charge on any atom is -0.338 e. The third-order valence-corrected chi connectivity index (χ3v) is 3.85. The maximum Gasteiger partial charge on any atom is 0.241 e. The van der Waals surface area contributed by atoms with E-state index in [4.69, 9.17) is 4.52 Å². The van der Waals surface area contributed by atoms with Crippen molar-refractivity contribution in [2.45, 2.75) is 25.4 Å². The molecule has 0 radical (unpaired) electrons. The number of likely N-dealkylation sites (tertiary alicyclic amines) is 1. The van der Waals surface area contributed by atoms with Crippen molar-refractivity contribution >= 4 is 0 Å². The maximum absolute atomic E-state index is 12.9. The van der Waals surface area contributed by atoms with Gasteiger partial charge in [-0.2, -0.15) is 4.98 Å². The fraction of sp³-hybridized carbons (Fsp3) is 0.467. The van der Waals surface area contributed by atoms with Crippen LogP contribution in [0.3, 0.4) is 0 Å². The van der Waals surface area contributed by atoms with Gasteiger partial charge in [0.05, 0.1) is 6.54 Å². The monoisotopic (exact) mass is 290 g/mol. The molecule has 0 aliphatic carbocycles. The molecular weight excluding hydrogens is 271 g/mol. The molecule has 1 aromatic carbocycles. The Labute approximate surface area is 123 Å². The van der Waals surface area contributed by atoms with E-state index in [0.717, 1.165) is 18.7 Å². The Hall–Kier alpha value is -1.79. The van der Waals surface area contributed by atoms with Gasteiger partial charge in [-0.3, -0.25) is 4.90 Å². The Morgan fingerprint density at radius 2 is 2.19 bits per heavy atom. The molecule has 21 heavy (non-hydrogen) atoms. The molecule has 1 N–H and O–H groups in total. The molecule has 1 atom stereocenters. The lowest BCUT2D eigenvalue weighted by Crippen LogP contribution is -2.36. The van der Waals surface area contributed by atoms with E-state index in [2.05, 4.69) is 20.4 Å². The molecule has 3 rings (SSSR count). The van der Waals surface area contributed by atoms with Gasteiger partial charge < -0.3 is 9.84 Å². The van der Waals surface area contributed by atoms with E-state index >= 15 is 0 Å². The summed E-state index contributed by atoms with van der Waals surface area (Å²) in [5.74, 6) is 0.848. The molecule has 1 saturated heterocycles. The van der Waals surface area contributed by atoms with Gasteiger partial charge in [-0.05, 0) is 50.7 Å². The average molecular weight is 290 g/mol. The summed E-state index contributed by atoms with van der Waals surface area (Å²) in [6.45, 7) is 2.69. The van der Waals surface area contributed by atoms with Crippen LogP contribution in [-0.2, 0) is 6.54 Å².